The summed E-state index contributed by atoms with van der Waals surface area (Å²) in [5.41, 5.74) is 0.0434. The first kappa shape index (κ1) is 14.1. The fraction of sp³-hybridized carbons (Fsp3) is 0. The summed E-state index contributed by atoms with van der Waals surface area (Å²) in [5.74, 6) is 0.156. The molecule has 0 aliphatic carbocycles. The molecule has 8 heteroatoms. The van der Waals surface area contributed by atoms with Gasteiger partial charge in [0.05, 0.1) is 15.5 Å². The number of hydrogen-bond donors (Lipinski definition) is 0. The van der Waals surface area contributed by atoms with Gasteiger partial charge in [-0.3, -0.25) is 10.1 Å². The first-order valence-corrected chi connectivity index (χ1v) is 5.95. The molecule has 0 N–H and O–H groups in total. The SMILES string of the molecule is N#Cc1ccnc(Oc2ccc([N+](=O)[O-])cc2Cl)c1Cl. The zero-order valence-electron chi connectivity index (χ0n) is 9.71. The van der Waals surface area contributed by atoms with Crippen molar-refractivity contribution >= 4 is 28.9 Å². The molecular weight excluding hydrogens is 305 g/mol. The lowest BCUT2D eigenvalue weighted by molar-refractivity contribution is -0.384. The van der Waals surface area contributed by atoms with E-state index in [4.69, 9.17) is 33.2 Å². The standard InChI is InChI=1S/C12H5Cl2N3O3/c13-9-5-8(17(18)19)1-2-10(9)20-12-11(14)7(6-15)3-4-16-12/h1-5H. The third-order valence-electron chi connectivity index (χ3n) is 2.31. The van der Waals surface area contributed by atoms with Crippen molar-refractivity contribution in [1.82, 2.24) is 4.98 Å². The van der Waals surface area contributed by atoms with Crippen molar-refractivity contribution in [2.75, 3.05) is 0 Å². The lowest BCUT2D eigenvalue weighted by atomic mass is 10.3. The molecular formula is C12H5Cl2N3O3. The molecule has 0 radical (unpaired) electrons. The molecule has 0 unspecified atom stereocenters. The number of rotatable bonds is 3. The van der Waals surface area contributed by atoms with Gasteiger partial charge in [-0.25, -0.2) is 4.98 Å². The zero-order chi connectivity index (χ0) is 14.7. The van der Waals surface area contributed by atoms with Gasteiger partial charge in [-0.1, -0.05) is 23.2 Å². The molecule has 1 heterocycles. The van der Waals surface area contributed by atoms with E-state index in [1.807, 2.05) is 6.07 Å². The lowest BCUT2D eigenvalue weighted by Gasteiger charge is -2.08. The Labute approximate surface area is 123 Å². The van der Waals surface area contributed by atoms with Crippen molar-refractivity contribution in [3.05, 3.63) is 56.2 Å². The van der Waals surface area contributed by atoms with Crippen LogP contribution in [-0.4, -0.2) is 9.91 Å². The van der Waals surface area contributed by atoms with E-state index in [1.54, 1.807) is 0 Å². The fourth-order valence-corrected chi connectivity index (χ4v) is 1.78. The highest BCUT2D eigenvalue weighted by atomic mass is 35.5. The third kappa shape index (κ3) is 2.79. The molecule has 0 saturated heterocycles. The summed E-state index contributed by atoms with van der Waals surface area (Å²) in [6, 6.07) is 7.04. The van der Waals surface area contributed by atoms with E-state index in [-0.39, 0.29) is 32.9 Å². The van der Waals surface area contributed by atoms with E-state index in [1.165, 1.54) is 24.4 Å². The van der Waals surface area contributed by atoms with Crippen molar-refractivity contribution in [3.63, 3.8) is 0 Å². The number of ether oxygens (including phenoxy) is 1. The predicted octanol–water partition coefficient (Wildman–Crippen LogP) is 3.96. The van der Waals surface area contributed by atoms with Crippen LogP contribution in [0.25, 0.3) is 0 Å². The number of aromatic nitrogens is 1. The van der Waals surface area contributed by atoms with Crippen LogP contribution in [0.4, 0.5) is 5.69 Å². The van der Waals surface area contributed by atoms with E-state index < -0.39 is 4.92 Å². The van der Waals surface area contributed by atoms with E-state index in [0.29, 0.717) is 0 Å². The van der Waals surface area contributed by atoms with Gasteiger partial charge < -0.3 is 4.74 Å². The fourth-order valence-electron chi connectivity index (χ4n) is 1.37. The topological polar surface area (TPSA) is 89.0 Å². The summed E-state index contributed by atoms with van der Waals surface area (Å²) in [4.78, 5) is 13.9. The highest BCUT2D eigenvalue weighted by molar-refractivity contribution is 6.33. The predicted molar refractivity (Wildman–Crippen MR) is 72.1 cm³/mol. The van der Waals surface area contributed by atoms with Crippen LogP contribution in [0, 0.1) is 21.4 Å². The van der Waals surface area contributed by atoms with Crippen LogP contribution >= 0.6 is 23.2 Å². The average molecular weight is 310 g/mol. The van der Waals surface area contributed by atoms with E-state index in [2.05, 4.69) is 4.98 Å². The van der Waals surface area contributed by atoms with Gasteiger partial charge in [-0.15, -0.1) is 0 Å². The molecule has 0 fully saturated rings. The Kier molecular flexibility index (Phi) is 4.03. The maximum absolute atomic E-state index is 10.6. The molecule has 0 saturated carbocycles. The number of nitro groups is 1. The maximum Gasteiger partial charge on any atom is 0.271 e. The minimum absolute atomic E-state index is 0.00136. The molecule has 6 nitrogen and oxygen atoms in total. The zero-order valence-corrected chi connectivity index (χ0v) is 11.2. The molecule has 0 aliphatic heterocycles. The quantitative estimate of drug-likeness (QED) is 0.632. The Balaban J connectivity index is 2.36. The Morgan fingerprint density at radius 3 is 2.70 bits per heavy atom. The second kappa shape index (κ2) is 5.74. The molecule has 0 bridgehead atoms. The third-order valence-corrected chi connectivity index (χ3v) is 2.97. The van der Waals surface area contributed by atoms with Gasteiger partial charge in [0, 0.05) is 18.3 Å². The van der Waals surface area contributed by atoms with Crippen LogP contribution in [0.1, 0.15) is 5.56 Å². The minimum Gasteiger partial charge on any atom is -0.436 e. The van der Waals surface area contributed by atoms with Crippen LogP contribution < -0.4 is 4.74 Å². The summed E-state index contributed by atoms with van der Waals surface area (Å²) in [7, 11) is 0. The Hall–Kier alpha value is -2.36. The lowest BCUT2D eigenvalue weighted by Crippen LogP contribution is -1.93. The molecule has 100 valence electrons. The number of non-ortho nitro benzene ring substituents is 1. The van der Waals surface area contributed by atoms with Crippen molar-refractivity contribution in [2.45, 2.75) is 0 Å². The first-order chi connectivity index (χ1) is 9.52. The summed E-state index contributed by atoms with van der Waals surface area (Å²) >= 11 is 11.8. The summed E-state index contributed by atoms with van der Waals surface area (Å²) < 4.78 is 5.37. The number of benzene rings is 1. The molecule has 0 spiro atoms. The minimum atomic E-state index is -0.572. The number of nitriles is 1. The molecule has 1 aromatic carbocycles. The molecule has 0 amide bonds. The van der Waals surface area contributed by atoms with Gasteiger partial charge in [-0.2, -0.15) is 5.26 Å². The van der Waals surface area contributed by atoms with Gasteiger partial charge in [0.25, 0.3) is 5.69 Å². The highest BCUT2D eigenvalue weighted by Gasteiger charge is 2.14. The van der Waals surface area contributed by atoms with E-state index >= 15 is 0 Å². The van der Waals surface area contributed by atoms with Gasteiger partial charge in [0.1, 0.15) is 16.8 Å². The summed E-state index contributed by atoms with van der Waals surface area (Å²) in [6.07, 6.45) is 1.36. The summed E-state index contributed by atoms with van der Waals surface area (Å²) in [5, 5.41) is 19.5. The monoisotopic (exact) mass is 309 g/mol. The molecule has 2 aromatic rings. The smallest absolute Gasteiger partial charge is 0.271 e. The molecule has 1 aromatic heterocycles. The number of nitro benzene ring substituents is 1. The largest absolute Gasteiger partial charge is 0.436 e. The normalized spacial score (nSPS) is 9.85. The molecule has 0 aliphatic rings. The average Bonchev–Trinajstić information content (AvgIpc) is 2.43. The van der Waals surface area contributed by atoms with Crippen molar-refractivity contribution in [1.29, 1.82) is 5.26 Å². The van der Waals surface area contributed by atoms with Gasteiger partial charge in [0.2, 0.25) is 5.88 Å². The van der Waals surface area contributed by atoms with Crippen molar-refractivity contribution < 1.29 is 9.66 Å². The van der Waals surface area contributed by atoms with Gasteiger partial charge in [0.15, 0.2) is 0 Å². The van der Waals surface area contributed by atoms with Crippen molar-refractivity contribution in [3.8, 4) is 17.7 Å². The van der Waals surface area contributed by atoms with E-state index in [9.17, 15) is 10.1 Å². The Morgan fingerprint density at radius 1 is 1.35 bits per heavy atom. The second-order valence-corrected chi connectivity index (χ2v) is 4.35. The molecule has 2 rings (SSSR count). The number of hydrogen-bond acceptors (Lipinski definition) is 5. The summed E-state index contributed by atoms with van der Waals surface area (Å²) in [6.45, 7) is 0. The number of halogens is 2. The number of pyridine rings is 1. The van der Waals surface area contributed by atoms with Crippen molar-refractivity contribution in [2.24, 2.45) is 0 Å². The number of nitrogens with zero attached hydrogens (tertiary/aromatic N) is 3. The van der Waals surface area contributed by atoms with Crippen LogP contribution in [-0.2, 0) is 0 Å². The van der Waals surface area contributed by atoms with Gasteiger partial charge >= 0.3 is 0 Å². The van der Waals surface area contributed by atoms with Crippen LogP contribution in [0.15, 0.2) is 30.5 Å². The maximum atomic E-state index is 10.6. The molecule has 0 atom stereocenters. The second-order valence-electron chi connectivity index (χ2n) is 3.56. The Morgan fingerprint density at radius 2 is 2.10 bits per heavy atom. The van der Waals surface area contributed by atoms with Crippen LogP contribution in [0.2, 0.25) is 10.0 Å². The molecule has 20 heavy (non-hydrogen) atoms. The van der Waals surface area contributed by atoms with E-state index in [0.717, 1.165) is 6.07 Å². The first-order valence-electron chi connectivity index (χ1n) is 5.19. The highest BCUT2D eigenvalue weighted by Crippen LogP contribution is 2.35. The van der Waals surface area contributed by atoms with Crippen LogP contribution in [0.3, 0.4) is 0 Å². The van der Waals surface area contributed by atoms with Crippen LogP contribution in [0.5, 0.6) is 11.6 Å². The van der Waals surface area contributed by atoms with Gasteiger partial charge in [-0.05, 0) is 12.1 Å². The Bertz CT molecular complexity index is 728.